The van der Waals surface area contributed by atoms with Crippen molar-refractivity contribution in [3.8, 4) is 0 Å². The third kappa shape index (κ3) is 4.03. The van der Waals surface area contributed by atoms with Crippen LogP contribution in [0.25, 0.3) is 0 Å². The Morgan fingerprint density at radius 2 is 1.96 bits per heavy atom. The minimum absolute atomic E-state index is 0.000719. The number of aromatic nitrogens is 2. The zero-order chi connectivity index (χ0) is 17.8. The van der Waals surface area contributed by atoms with E-state index in [0.717, 1.165) is 6.41 Å². The molecule has 0 saturated carbocycles. The topological polar surface area (TPSA) is 78.4 Å². The van der Waals surface area contributed by atoms with Gasteiger partial charge in [0.2, 0.25) is 6.41 Å². The summed E-state index contributed by atoms with van der Waals surface area (Å²) in [6.07, 6.45) is 3.58. The van der Waals surface area contributed by atoms with Gasteiger partial charge in [-0.05, 0) is 18.2 Å². The summed E-state index contributed by atoms with van der Waals surface area (Å²) in [5, 5.41) is 2.94. The van der Waals surface area contributed by atoms with Gasteiger partial charge in [0.15, 0.2) is 0 Å². The van der Waals surface area contributed by atoms with E-state index in [1.54, 1.807) is 9.80 Å². The van der Waals surface area contributed by atoms with Crippen molar-refractivity contribution in [3.05, 3.63) is 47.1 Å². The van der Waals surface area contributed by atoms with Crippen LogP contribution in [0.1, 0.15) is 10.5 Å². The number of benzene rings is 1. The minimum Gasteiger partial charge on any atom is -0.342 e. The van der Waals surface area contributed by atoms with Crippen molar-refractivity contribution in [2.45, 2.75) is 0 Å². The van der Waals surface area contributed by atoms with Crippen LogP contribution < -0.4 is 5.32 Å². The molecule has 0 radical (unpaired) electrons. The van der Waals surface area contributed by atoms with E-state index in [-0.39, 0.29) is 16.6 Å². The number of hydrogen-bond acceptors (Lipinski definition) is 5. The molecule has 1 N–H and O–H groups in total. The highest BCUT2D eigenvalue weighted by Gasteiger charge is 2.22. The number of piperazine rings is 1. The maximum absolute atomic E-state index is 13.2. The maximum atomic E-state index is 13.2. The van der Waals surface area contributed by atoms with E-state index in [0.29, 0.717) is 37.7 Å². The monoisotopic (exact) mass is 363 g/mol. The Hall–Kier alpha value is -2.74. The van der Waals surface area contributed by atoms with Crippen LogP contribution in [0.5, 0.6) is 0 Å². The molecule has 0 aliphatic carbocycles. The highest BCUT2D eigenvalue weighted by Crippen LogP contribution is 2.21. The normalized spacial score (nSPS) is 14.3. The quantitative estimate of drug-likeness (QED) is 0.840. The van der Waals surface area contributed by atoms with Crippen LogP contribution in [0, 0.1) is 5.82 Å². The molecular formula is C16H15ClFN5O2. The van der Waals surface area contributed by atoms with Crippen LogP contribution in [0.2, 0.25) is 5.02 Å². The average Bonchev–Trinajstić information content (AvgIpc) is 2.65. The van der Waals surface area contributed by atoms with Crippen LogP contribution in [-0.2, 0) is 4.79 Å². The zero-order valence-electron chi connectivity index (χ0n) is 13.2. The molecule has 1 aromatic heterocycles. The molecule has 2 amide bonds. The van der Waals surface area contributed by atoms with Gasteiger partial charge in [0.05, 0.1) is 17.4 Å². The summed E-state index contributed by atoms with van der Waals surface area (Å²) in [6.45, 7) is 1.95. The van der Waals surface area contributed by atoms with E-state index in [1.807, 2.05) is 0 Å². The number of rotatable bonds is 4. The molecule has 0 bridgehead atoms. The third-order valence-electron chi connectivity index (χ3n) is 3.81. The zero-order valence-corrected chi connectivity index (χ0v) is 13.9. The fourth-order valence-corrected chi connectivity index (χ4v) is 2.60. The molecule has 7 nitrogen and oxygen atoms in total. The molecule has 1 aliphatic rings. The number of hydrogen-bond donors (Lipinski definition) is 1. The van der Waals surface area contributed by atoms with Crippen molar-refractivity contribution in [2.24, 2.45) is 0 Å². The molecule has 3 rings (SSSR count). The van der Waals surface area contributed by atoms with Crippen LogP contribution in [0.4, 0.5) is 15.9 Å². The molecule has 0 spiro atoms. The van der Waals surface area contributed by atoms with Gasteiger partial charge in [0.25, 0.3) is 5.91 Å². The van der Waals surface area contributed by atoms with E-state index < -0.39 is 5.82 Å². The molecule has 0 unspecified atom stereocenters. The number of halogens is 2. The molecule has 1 aromatic carbocycles. The van der Waals surface area contributed by atoms with E-state index in [2.05, 4.69) is 15.3 Å². The Morgan fingerprint density at radius 1 is 1.20 bits per heavy atom. The van der Waals surface area contributed by atoms with Crippen LogP contribution in [0.15, 0.2) is 30.6 Å². The van der Waals surface area contributed by atoms with Gasteiger partial charge in [-0.3, -0.25) is 9.59 Å². The first kappa shape index (κ1) is 17.1. The van der Waals surface area contributed by atoms with Crippen molar-refractivity contribution in [1.29, 1.82) is 0 Å². The number of nitrogens with zero attached hydrogens (tertiary/aromatic N) is 4. The predicted octanol–water partition coefficient (Wildman–Crippen LogP) is 1.93. The van der Waals surface area contributed by atoms with Crippen molar-refractivity contribution in [2.75, 3.05) is 31.5 Å². The lowest BCUT2D eigenvalue weighted by molar-refractivity contribution is -0.119. The van der Waals surface area contributed by atoms with Gasteiger partial charge in [-0.2, -0.15) is 0 Å². The highest BCUT2D eigenvalue weighted by atomic mass is 35.5. The van der Waals surface area contributed by atoms with Crippen molar-refractivity contribution in [3.63, 3.8) is 0 Å². The van der Waals surface area contributed by atoms with Gasteiger partial charge in [0.1, 0.15) is 17.3 Å². The number of nitrogens with one attached hydrogen (secondary N) is 1. The Bertz CT molecular complexity index is 779. The van der Waals surface area contributed by atoms with E-state index in [4.69, 9.17) is 11.6 Å². The first-order chi connectivity index (χ1) is 12.1. The lowest BCUT2D eigenvalue weighted by Gasteiger charge is -2.32. The number of carbonyl (C=O) groups excluding carboxylic acids is 2. The molecule has 1 aliphatic heterocycles. The van der Waals surface area contributed by atoms with Crippen molar-refractivity contribution in [1.82, 2.24) is 19.8 Å². The molecular weight excluding hydrogens is 349 g/mol. The molecule has 25 heavy (non-hydrogen) atoms. The number of carbonyl (C=O) groups is 2. The second-order valence-electron chi connectivity index (χ2n) is 5.47. The Labute approximate surface area is 148 Å². The van der Waals surface area contributed by atoms with E-state index in [9.17, 15) is 14.0 Å². The standard InChI is InChI=1S/C16H15ClFN5O2/c17-12-7-11(1-2-13(12)18)21-15-9-19-14(8-20-15)16(25)23-5-3-22(10-24)4-6-23/h1-2,7-10H,3-6H2,(H,20,21). The summed E-state index contributed by atoms with van der Waals surface area (Å²) in [5.41, 5.74) is 0.784. The van der Waals surface area contributed by atoms with E-state index in [1.165, 1.54) is 30.6 Å². The van der Waals surface area contributed by atoms with Crippen molar-refractivity contribution < 1.29 is 14.0 Å². The summed E-state index contributed by atoms with van der Waals surface area (Å²) in [6, 6.07) is 4.20. The third-order valence-corrected chi connectivity index (χ3v) is 4.10. The summed E-state index contributed by atoms with van der Waals surface area (Å²) in [5.74, 6) is -0.326. The predicted molar refractivity (Wildman–Crippen MR) is 90.3 cm³/mol. The van der Waals surface area contributed by atoms with Crippen LogP contribution in [0.3, 0.4) is 0 Å². The van der Waals surface area contributed by atoms with E-state index >= 15 is 0 Å². The highest BCUT2D eigenvalue weighted by molar-refractivity contribution is 6.31. The Kier molecular flexibility index (Phi) is 5.08. The van der Waals surface area contributed by atoms with Crippen LogP contribution >= 0.6 is 11.6 Å². The van der Waals surface area contributed by atoms with Gasteiger partial charge in [-0.15, -0.1) is 0 Å². The van der Waals surface area contributed by atoms with Crippen molar-refractivity contribution >= 4 is 35.4 Å². The lowest BCUT2D eigenvalue weighted by Crippen LogP contribution is -2.48. The van der Waals surface area contributed by atoms with Gasteiger partial charge in [0, 0.05) is 31.9 Å². The number of amides is 2. The SMILES string of the molecule is O=CN1CCN(C(=O)c2cnc(Nc3ccc(F)c(Cl)c3)cn2)CC1. The fourth-order valence-electron chi connectivity index (χ4n) is 2.42. The van der Waals surface area contributed by atoms with Gasteiger partial charge >= 0.3 is 0 Å². The second-order valence-corrected chi connectivity index (χ2v) is 5.88. The van der Waals surface area contributed by atoms with Gasteiger partial charge in [-0.1, -0.05) is 11.6 Å². The molecule has 2 heterocycles. The molecule has 0 atom stereocenters. The van der Waals surface area contributed by atoms with Gasteiger partial charge < -0.3 is 15.1 Å². The molecule has 1 fully saturated rings. The molecule has 1 saturated heterocycles. The van der Waals surface area contributed by atoms with Gasteiger partial charge in [-0.25, -0.2) is 14.4 Å². The molecule has 130 valence electrons. The summed E-state index contributed by atoms with van der Waals surface area (Å²) >= 11 is 5.73. The Balaban J connectivity index is 1.64. The summed E-state index contributed by atoms with van der Waals surface area (Å²) in [4.78, 5) is 34.6. The fraction of sp³-hybridized carbons (Fsp3) is 0.250. The second kappa shape index (κ2) is 7.43. The first-order valence-corrected chi connectivity index (χ1v) is 7.97. The largest absolute Gasteiger partial charge is 0.342 e. The summed E-state index contributed by atoms with van der Waals surface area (Å²) in [7, 11) is 0. The average molecular weight is 364 g/mol. The van der Waals surface area contributed by atoms with Crippen LogP contribution in [-0.4, -0.2) is 58.3 Å². The first-order valence-electron chi connectivity index (χ1n) is 7.59. The number of anilines is 2. The maximum Gasteiger partial charge on any atom is 0.274 e. The Morgan fingerprint density at radius 3 is 2.56 bits per heavy atom. The minimum atomic E-state index is -0.506. The smallest absolute Gasteiger partial charge is 0.274 e. The lowest BCUT2D eigenvalue weighted by atomic mass is 10.3. The summed E-state index contributed by atoms with van der Waals surface area (Å²) < 4.78 is 13.2. The molecule has 2 aromatic rings. The molecule has 9 heteroatoms.